The second kappa shape index (κ2) is 3.70. The van der Waals surface area contributed by atoms with Crippen LogP contribution in [0.3, 0.4) is 0 Å². The number of aliphatic hydroxyl groups is 3. The fraction of sp³-hybridized carbons (Fsp3) is 1.00. The van der Waals surface area contributed by atoms with Crippen molar-refractivity contribution in [3.8, 4) is 0 Å². The molecule has 5 atom stereocenters. The first kappa shape index (κ1) is 9.92. The van der Waals surface area contributed by atoms with E-state index < -0.39 is 18.3 Å². The maximum Gasteiger partial charge on any atom is 0.106 e. The normalized spacial score (nSPS) is 49.2. The molecule has 1 aliphatic heterocycles. The maximum absolute atomic E-state index is 9.48. The van der Waals surface area contributed by atoms with Crippen LogP contribution in [0.25, 0.3) is 0 Å². The van der Waals surface area contributed by atoms with Crippen molar-refractivity contribution in [2.24, 2.45) is 5.92 Å². The standard InChI is InChI=1S/C8H16O4/c1-4-6(3-9)12-5(2)8(11)7(4)10/h4-11H,3H2,1-2H3. The molecule has 1 heterocycles. The Hall–Kier alpha value is -0.160. The average molecular weight is 176 g/mol. The van der Waals surface area contributed by atoms with Crippen molar-refractivity contribution in [3.05, 3.63) is 0 Å². The van der Waals surface area contributed by atoms with Gasteiger partial charge in [0.2, 0.25) is 0 Å². The van der Waals surface area contributed by atoms with Crippen molar-refractivity contribution in [3.63, 3.8) is 0 Å². The van der Waals surface area contributed by atoms with Gasteiger partial charge < -0.3 is 20.1 Å². The Morgan fingerprint density at radius 2 is 1.75 bits per heavy atom. The van der Waals surface area contributed by atoms with Crippen LogP contribution in [0.15, 0.2) is 0 Å². The SMILES string of the molecule is CC1OC(CO)C(C)C(O)C1O. The second-order valence-corrected chi connectivity index (χ2v) is 3.40. The Bertz CT molecular complexity index is 145. The van der Waals surface area contributed by atoms with Gasteiger partial charge >= 0.3 is 0 Å². The van der Waals surface area contributed by atoms with E-state index in [1.54, 1.807) is 13.8 Å². The highest BCUT2D eigenvalue weighted by molar-refractivity contribution is 4.87. The molecule has 0 aromatic carbocycles. The zero-order valence-electron chi connectivity index (χ0n) is 7.34. The Kier molecular flexibility index (Phi) is 3.06. The fourth-order valence-electron chi connectivity index (χ4n) is 1.50. The van der Waals surface area contributed by atoms with Gasteiger partial charge in [-0.25, -0.2) is 0 Å². The van der Waals surface area contributed by atoms with Crippen LogP contribution in [-0.4, -0.2) is 46.3 Å². The summed E-state index contributed by atoms with van der Waals surface area (Å²) in [6.07, 6.45) is -2.42. The number of hydrogen-bond acceptors (Lipinski definition) is 4. The van der Waals surface area contributed by atoms with Gasteiger partial charge in [0.1, 0.15) is 6.10 Å². The van der Waals surface area contributed by atoms with Crippen LogP contribution in [0.5, 0.6) is 0 Å². The van der Waals surface area contributed by atoms with Gasteiger partial charge in [0.15, 0.2) is 0 Å². The molecule has 1 fully saturated rings. The van der Waals surface area contributed by atoms with E-state index in [4.69, 9.17) is 9.84 Å². The van der Waals surface area contributed by atoms with Crippen molar-refractivity contribution in [1.29, 1.82) is 0 Å². The van der Waals surface area contributed by atoms with E-state index >= 15 is 0 Å². The molecule has 5 unspecified atom stereocenters. The van der Waals surface area contributed by atoms with Gasteiger partial charge in [0, 0.05) is 5.92 Å². The number of aliphatic hydroxyl groups excluding tert-OH is 3. The second-order valence-electron chi connectivity index (χ2n) is 3.40. The summed E-state index contributed by atoms with van der Waals surface area (Å²) in [5, 5.41) is 27.7. The molecule has 0 amide bonds. The molecule has 1 rings (SSSR count). The van der Waals surface area contributed by atoms with Crippen LogP contribution in [0.2, 0.25) is 0 Å². The van der Waals surface area contributed by atoms with E-state index in [2.05, 4.69) is 0 Å². The summed E-state index contributed by atoms with van der Waals surface area (Å²) in [5.74, 6) is -0.221. The van der Waals surface area contributed by atoms with Crippen molar-refractivity contribution < 1.29 is 20.1 Å². The lowest BCUT2D eigenvalue weighted by atomic mass is 9.89. The molecule has 0 spiro atoms. The molecule has 1 saturated heterocycles. The van der Waals surface area contributed by atoms with Gasteiger partial charge in [0.25, 0.3) is 0 Å². The molecule has 0 aromatic heterocycles. The predicted molar refractivity (Wildman–Crippen MR) is 42.6 cm³/mol. The maximum atomic E-state index is 9.48. The average Bonchev–Trinajstić information content (AvgIpc) is 2.08. The fourth-order valence-corrected chi connectivity index (χ4v) is 1.50. The minimum atomic E-state index is -0.845. The Balaban J connectivity index is 2.63. The van der Waals surface area contributed by atoms with Crippen molar-refractivity contribution in [2.75, 3.05) is 6.61 Å². The highest BCUT2D eigenvalue weighted by atomic mass is 16.5. The summed E-state index contributed by atoms with van der Waals surface area (Å²) in [6.45, 7) is 3.32. The monoisotopic (exact) mass is 176 g/mol. The molecular weight excluding hydrogens is 160 g/mol. The van der Waals surface area contributed by atoms with Gasteiger partial charge in [-0.3, -0.25) is 0 Å². The van der Waals surface area contributed by atoms with Crippen LogP contribution in [0, 0.1) is 5.92 Å². The van der Waals surface area contributed by atoms with Crippen molar-refractivity contribution in [1.82, 2.24) is 0 Å². The first-order valence-electron chi connectivity index (χ1n) is 4.20. The van der Waals surface area contributed by atoms with E-state index in [0.29, 0.717) is 0 Å². The summed E-state index contributed by atoms with van der Waals surface area (Å²) in [7, 11) is 0. The molecule has 72 valence electrons. The summed E-state index contributed by atoms with van der Waals surface area (Å²) >= 11 is 0. The number of ether oxygens (including phenoxy) is 1. The highest BCUT2D eigenvalue weighted by Gasteiger charge is 2.39. The van der Waals surface area contributed by atoms with Crippen LogP contribution < -0.4 is 0 Å². The predicted octanol–water partition coefficient (Wildman–Crippen LogP) is -0.876. The molecular formula is C8H16O4. The van der Waals surface area contributed by atoms with Crippen LogP contribution in [0.1, 0.15) is 13.8 Å². The van der Waals surface area contributed by atoms with Crippen molar-refractivity contribution in [2.45, 2.75) is 38.3 Å². The molecule has 3 N–H and O–H groups in total. The highest BCUT2D eigenvalue weighted by Crippen LogP contribution is 2.25. The van der Waals surface area contributed by atoms with Crippen LogP contribution >= 0.6 is 0 Å². The minimum absolute atomic E-state index is 0.116. The third-order valence-electron chi connectivity index (χ3n) is 2.53. The van der Waals surface area contributed by atoms with Crippen LogP contribution in [-0.2, 0) is 4.74 Å². The van der Waals surface area contributed by atoms with E-state index in [1.807, 2.05) is 0 Å². The molecule has 0 aromatic rings. The first-order valence-corrected chi connectivity index (χ1v) is 4.20. The number of hydrogen-bond donors (Lipinski definition) is 3. The van der Waals surface area contributed by atoms with Gasteiger partial charge in [-0.1, -0.05) is 6.92 Å². The molecule has 4 nitrogen and oxygen atoms in total. The summed E-state index contributed by atoms with van der Waals surface area (Å²) in [4.78, 5) is 0. The zero-order valence-corrected chi connectivity index (χ0v) is 7.34. The number of rotatable bonds is 1. The molecule has 0 radical (unpaired) electrons. The van der Waals surface area contributed by atoms with E-state index in [-0.39, 0.29) is 18.6 Å². The van der Waals surface area contributed by atoms with Gasteiger partial charge in [0.05, 0.1) is 24.9 Å². The van der Waals surface area contributed by atoms with E-state index in [9.17, 15) is 10.2 Å². The molecule has 0 bridgehead atoms. The Morgan fingerprint density at radius 1 is 1.17 bits per heavy atom. The van der Waals surface area contributed by atoms with Gasteiger partial charge in [-0.05, 0) is 6.92 Å². The first-order chi connectivity index (χ1) is 5.57. The molecule has 4 heteroatoms. The topological polar surface area (TPSA) is 69.9 Å². The smallest absolute Gasteiger partial charge is 0.106 e. The summed E-state index contributed by atoms with van der Waals surface area (Å²) in [5.41, 5.74) is 0. The lowest BCUT2D eigenvalue weighted by molar-refractivity contribution is -0.198. The van der Waals surface area contributed by atoms with E-state index in [0.717, 1.165) is 0 Å². The third kappa shape index (κ3) is 1.61. The lowest BCUT2D eigenvalue weighted by Gasteiger charge is -2.39. The Labute approximate surface area is 71.8 Å². The summed E-state index contributed by atoms with van der Waals surface area (Å²) in [6, 6.07) is 0. The molecule has 12 heavy (non-hydrogen) atoms. The van der Waals surface area contributed by atoms with Crippen LogP contribution in [0.4, 0.5) is 0 Å². The molecule has 0 saturated carbocycles. The molecule has 1 aliphatic rings. The van der Waals surface area contributed by atoms with Gasteiger partial charge in [-0.2, -0.15) is 0 Å². The van der Waals surface area contributed by atoms with Crippen molar-refractivity contribution >= 4 is 0 Å². The van der Waals surface area contributed by atoms with E-state index in [1.165, 1.54) is 0 Å². The third-order valence-corrected chi connectivity index (χ3v) is 2.53. The van der Waals surface area contributed by atoms with Gasteiger partial charge in [-0.15, -0.1) is 0 Å². The largest absolute Gasteiger partial charge is 0.394 e. The minimum Gasteiger partial charge on any atom is -0.394 e. The summed E-state index contributed by atoms with van der Waals surface area (Å²) < 4.78 is 5.27. The molecule has 0 aliphatic carbocycles. The zero-order chi connectivity index (χ0) is 9.30. The Morgan fingerprint density at radius 3 is 2.25 bits per heavy atom. The quantitative estimate of drug-likeness (QED) is 0.485. The lowest BCUT2D eigenvalue weighted by Crippen LogP contribution is -2.53.